The molecule has 1 aliphatic heterocycles. The average molecular weight is 384 g/mol. The van der Waals surface area contributed by atoms with Crippen molar-refractivity contribution in [2.45, 2.75) is 70.8 Å². The van der Waals surface area contributed by atoms with Crippen LogP contribution in [0.15, 0.2) is 24.4 Å². The van der Waals surface area contributed by atoms with Gasteiger partial charge in [-0.3, -0.25) is 0 Å². The summed E-state index contributed by atoms with van der Waals surface area (Å²) in [5.74, 6) is -0.356. The Labute approximate surface area is 160 Å². The Balaban J connectivity index is 2.86. The third-order valence-corrected chi connectivity index (χ3v) is 10.0. The van der Waals surface area contributed by atoms with E-state index in [0.29, 0.717) is 13.2 Å². The molecule has 0 aliphatic carbocycles. The number of rotatable bonds is 9. The van der Waals surface area contributed by atoms with E-state index in [2.05, 4.69) is 45.3 Å². The molecule has 0 bridgehead atoms. The SMILES string of the molecule is C=CC(C)OC/C(=C/C(=O)OC)N1CCC[C@H]1CO[Si](C)(C)C(C)(C)C. The molecule has 150 valence electrons. The molecule has 1 saturated heterocycles. The molecule has 0 aromatic rings. The van der Waals surface area contributed by atoms with Gasteiger partial charge in [-0.1, -0.05) is 26.8 Å². The number of carbonyl (C=O) groups is 1. The number of likely N-dealkylation sites (tertiary alicyclic amines) is 1. The van der Waals surface area contributed by atoms with Crippen molar-refractivity contribution in [3.05, 3.63) is 24.4 Å². The van der Waals surface area contributed by atoms with Gasteiger partial charge in [0, 0.05) is 18.3 Å². The fourth-order valence-corrected chi connectivity index (χ4v) is 3.64. The van der Waals surface area contributed by atoms with Gasteiger partial charge in [0.2, 0.25) is 0 Å². The zero-order chi connectivity index (χ0) is 20.0. The molecule has 5 nitrogen and oxygen atoms in total. The smallest absolute Gasteiger partial charge is 0.332 e. The second-order valence-electron chi connectivity index (χ2n) is 8.47. The lowest BCUT2D eigenvalue weighted by atomic mass is 10.2. The van der Waals surface area contributed by atoms with Crippen LogP contribution in [0.3, 0.4) is 0 Å². The first-order chi connectivity index (χ1) is 12.0. The molecule has 0 aromatic carbocycles. The third kappa shape index (κ3) is 6.56. The minimum absolute atomic E-state index is 0.0689. The number of nitrogens with zero attached hydrogens (tertiary/aromatic N) is 1. The van der Waals surface area contributed by atoms with Crippen LogP contribution >= 0.6 is 0 Å². The fourth-order valence-electron chi connectivity index (χ4n) is 2.60. The minimum atomic E-state index is -1.80. The van der Waals surface area contributed by atoms with Gasteiger partial charge >= 0.3 is 5.97 Å². The maximum absolute atomic E-state index is 11.8. The molecule has 1 unspecified atom stereocenters. The minimum Gasteiger partial charge on any atom is -0.466 e. The van der Waals surface area contributed by atoms with Crippen LogP contribution in [0.5, 0.6) is 0 Å². The number of hydrogen-bond acceptors (Lipinski definition) is 5. The normalized spacial score (nSPS) is 20.2. The van der Waals surface area contributed by atoms with E-state index in [9.17, 15) is 4.79 Å². The van der Waals surface area contributed by atoms with E-state index >= 15 is 0 Å². The standard InChI is InChI=1S/C20H37NO4Si/c1-9-16(2)24-14-18(13-19(22)23-6)21-12-10-11-17(21)15-25-26(7,8)20(3,4)5/h9,13,16-17H,1,10-12,14-15H2,2-8H3/b18-13-/t16?,17-/m0/s1. The summed E-state index contributed by atoms with van der Waals surface area (Å²) in [6, 6.07) is 0.266. The number of ether oxygens (including phenoxy) is 2. The van der Waals surface area contributed by atoms with Crippen LogP contribution in [0.2, 0.25) is 18.1 Å². The van der Waals surface area contributed by atoms with Gasteiger partial charge in [-0.05, 0) is 37.9 Å². The van der Waals surface area contributed by atoms with Crippen LogP contribution in [-0.2, 0) is 18.7 Å². The topological polar surface area (TPSA) is 48.0 Å². The Morgan fingerprint density at radius 2 is 2.04 bits per heavy atom. The van der Waals surface area contributed by atoms with Crippen LogP contribution in [-0.4, -0.2) is 58.2 Å². The maximum atomic E-state index is 11.8. The molecule has 1 rings (SSSR count). The Hall–Kier alpha value is -1.11. The van der Waals surface area contributed by atoms with Crippen LogP contribution in [0.25, 0.3) is 0 Å². The first kappa shape index (κ1) is 22.9. The van der Waals surface area contributed by atoms with Gasteiger partial charge in [-0.2, -0.15) is 0 Å². The molecule has 6 heteroatoms. The molecule has 0 aromatic heterocycles. The quantitative estimate of drug-likeness (QED) is 0.259. The average Bonchev–Trinajstić information content (AvgIpc) is 3.03. The molecule has 0 spiro atoms. The first-order valence-corrected chi connectivity index (χ1v) is 12.4. The predicted octanol–water partition coefficient (Wildman–Crippen LogP) is 4.12. The Morgan fingerprint density at radius 3 is 2.58 bits per heavy atom. The summed E-state index contributed by atoms with van der Waals surface area (Å²) in [7, 11) is -0.406. The van der Waals surface area contributed by atoms with Crippen LogP contribution in [0.1, 0.15) is 40.5 Å². The number of methoxy groups -OCH3 is 1. The van der Waals surface area contributed by atoms with Gasteiger partial charge in [0.25, 0.3) is 0 Å². The summed E-state index contributed by atoms with van der Waals surface area (Å²) in [5, 5.41) is 0.184. The molecule has 0 N–H and O–H groups in total. The predicted molar refractivity (Wildman–Crippen MR) is 109 cm³/mol. The van der Waals surface area contributed by atoms with Crippen molar-refractivity contribution in [3.8, 4) is 0 Å². The molecule has 0 saturated carbocycles. The summed E-state index contributed by atoms with van der Waals surface area (Å²) < 4.78 is 17.0. The maximum Gasteiger partial charge on any atom is 0.332 e. The Bertz CT molecular complexity index is 510. The van der Waals surface area contributed by atoms with E-state index in [1.807, 2.05) is 6.92 Å². The van der Waals surface area contributed by atoms with Gasteiger partial charge in [-0.15, -0.1) is 6.58 Å². The molecular formula is C20H37NO4Si. The van der Waals surface area contributed by atoms with Crippen molar-refractivity contribution in [3.63, 3.8) is 0 Å². The van der Waals surface area contributed by atoms with Gasteiger partial charge in [0.15, 0.2) is 8.32 Å². The van der Waals surface area contributed by atoms with E-state index in [1.54, 1.807) is 12.2 Å². The summed E-state index contributed by atoms with van der Waals surface area (Å²) in [5.41, 5.74) is 0.854. The van der Waals surface area contributed by atoms with Gasteiger partial charge < -0.3 is 18.8 Å². The van der Waals surface area contributed by atoms with Crippen LogP contribution in [0.4, 0.5) is 0 Å². The highest BCUT2D eigenvalue weighted by Gasteiger charge is 2.38. The van der Waals surface area contributed by atoms with Crippen LogP contribution in [0, 0.1) is 0 Å². The monoisotopic (exact) mass is 383 g/mol. The fraction of sp³-hybridized carbons (Fsp3) is 0.750. The summed E-state index contributed by atoms with van der Waals surface area (Å²) in [4.78, 5) is 14.1. The zero-order valence-electron chi connectivity index (χ0n) is 17.6. The lowest BCUT2D eigenvalue weighted by molar-refractivity contribution is -0.135. The first-order valence-electron chi connectivity index (χ1n) is 9.45. The largest absolute Gasteiger partial charge is 0.466 e. The lowest BCUT2D eigenvalue weighted by Crippen LogP contribution is -2.45. The van der Waals surface area contributed by atoms with E-state index in [0.717, 1.165) is 25.1 Å². The van der Waals surface area contributed by atoms with Crippen molar-refractivity contribution in [1.82, 2.24) is 4.90 Å². The van der Waals surface area contributed by atoms with Crippen molar-refractivity contribution in [2.75, 3.05) is 26.9 Å². The molecule has 1 aliphatic rings. The summed E-state index contributed by atoms with van der Waals surface area (Å²) in [6.45, 7) is 18.9. The van der Waals surface area contributed by atoms with E-state index in [1.165, 1.54) is 7.11 Å². The van der Waals surface area contributed by atoms with Gasteiger partial charge in [0.1, 0.15) is 0 Å². The molecule has 1 fully saturated rings. The van der Waals surface area contributed by atoms with Crippen molar-refractivity contribution < 1.29 is 18.7 Å². The second kappa shape index (κ2) is 9.72. The molecule has 0 amide bonds. The molecule has 26 heavy (non-hydrogen) atoms. The highest BCUT2D eigenvalue weighted by molar-refractivity contribution is 6.74. The number of esters is 1. The third-order valence-electron chi connectivity index (χ3n) is 5.50. The Morgan fingerprint density at radius 1 is 1.38 bits per heavy atom. The molecule has 2 atom stereocenters. The van der Waals surface area contributed by atoms with E-state index in [-0.39, 0.29) is 23.2 Å². The molecular weight excluding hydrogens is 346 g/mol. The van der Waals surface area contributed by atoms with Crippen molar-refractivity contribution >= 4 is 14.3 Å². The van der Waals surface area contributed by atoms with Crippen molar-refractivity contribution in [2.24, 2.45) is 0 Å². The number of carbonyl (C=O) groups excluding carboxylic acids is 1. The second-order valence-corrected chi connectivity index (χ2v) is 13.3. The highest BCUT2D eigenvalue weighted by atomic mass is 28.4. The molecule has 1 heterocycles. The van der Waals surface area contributed by atoms with E-state index < -0.39 is 8.32 Å². The Kier molecular flexibility index (Phi) is 8.57. The van der Waals surface area contributed by atoms with Crippen molar-refractivity contribution in [1.29, 1.82) is 0 Å². The lowest BCUT2D eigenvalue weighted by Gasteiger charge is -2.38. The molecule has 0 radical (unpaired) electrons. The number of hydrogen-bond donors (Lipinski definition) is 0. The zero-order valence-corrected chi connectivity index (χ0v) is 18.6. The van der Waals surface area contributed by atoms with Gasteiger partial charge in [-0.25, -0.2) is 4.79 Å². The summed E-state index contributed by atoms with van der Waals surface area (Å²) >= 11 is 0. The van der Waals surface area contributed by atoms with E-state index in [4.69, 9.17) is 13.9 Å². The van der Waals surface area contributed by atoms with Gasteiger partial charge in [0.05, 0.1) is 32.5 Å². The highest BCUT2D eigenvalue weighted by Crippen LogP contribution is 2.37. The summed E-state index contributed by atoms with van der Waals surface area (Å²) in [6.07, 6.45) is 5.37. The van der Waals surface area contributed by atoms with Crippen LogP contribution < -0.4 is 0 Å².